The van der Waals surface area contributed by atoms with Gasteiger partial charge in [0.05, 0.1) is 25.8 Å². The quantitative estimate of drug-likeness (QED) is 0.261. The van der Waals surface area contributed by atoms with E-state index >= 15 is 0 Å². The van der Waals surface area contributed by atoms with Crippen LogP contribution in [-0.2, 0) is 11.4 Å². The first-order chi connectivity index (χ1) is 15.3. The Hall–Kier alpha value is -2.39. The van der Waals surface area contributed by atoms with Gasteiger partial charge in [0.2, 0.25) is 0 Å². The Labute approximate surface area is 209 Å². The van der Waals surface area contributed by atoms with Crippen molar-refractivity contribution in [2.24, 2.45) is 0 Å². The molecule has 0 heterocycles. The van der Waals surface area contributed by atoms with Crippen molar-refractivity contribution in [2.45, 2.75) is 6.61 Å². The number of halogens is 5. The zero-order valence-electron chi connectivity index (χ0n) is 16.1. The van der Waals surface area contributed by atoms with E-state index in [0.717, 1.165) is 5.56 Å². The van der Waals surface area contributed by atoms with Crippen molar-refractivity contribution in [3.8, 4) is 11.8 Å². The van der Waals surface area contributed by atoms with Gasteiger partial charge in [-0.25, -0.2) is 0 Å². The summed E-state index contributed by atoms with van der Waals surface area (Å²) in [5.41, 5.74) is 1.31. The van der Waals surface area contributed by atoms with E-state index in [4.69, 9.17) is 62.7 Å². The topological polar surface area (TPSA) is 62.1 Å². The van der Waals surface area contributed by atoms with Crippen LogP contribution in [0.4, 0.5) is 5.69 Å². The van der Waals surface area contributed by atoms with E-state index < -0.39 is 5.91 Å². The molecule has 0 aliphatic carbocycles. The normalized spacial score (nSPS) is 11.1. The Morgan fingerprint density at radius 2 is 1.59 bits per heavy atom. The number of carbonyl (C=O) groups excluding carboxylic acids is 1. The molecule has 0 radical (unpaired) electrons. The number of amides is 1. The molecule has 162 valence electrons. The van der Waals surface area contributed by atoms with Crippen molar-refractivity contribution in [1.82, 2.24) is 0 Å². The molecule has 32 heavy (non-hydrogen) atoms. The lowest BCUT2D eigenvalue weighted by atomic mass is 10.1. The Morgan fingerprint density at radius 3 is 2.25 bits per heavy atom. The molecule has 0 saturated carbocycles. The van der Waals surface area contributed by atoms with Gasteiger partial charge in [-0.2, -0.15) is 5.26 Å². The average Bonchev–Trinajstić information content (AvgIpc) is 2.75. The number of nitrogens with zero attached hydrogens (tertiary/aromatic N) is 1. The number of ether oxygens (including phenoxy) is 1. The van der Waals surface area contributed by atoms with Crippen molar-refractivity contribution in [1.29, 1.82) is 5.26 Å². The van der Waals surface area contributed by atoms with Crippen LogP contribution in [0.25, 0.3) is 6.08 Å². The Kier molecular flexibility index (Phi) is 8.31. The third-order valence-electron chi connectivity index (χ3n) is 4.23. The summed E-state index contributed by atoms with van der Waals surface area (Å²) in [4.78, 5) is 12.5. The second kappa shape index (κ2) is 11.0. The van der Waals surface area contributed by atoms with Crippen LogP contribution < -0.4 is 10.1 Å². The number of hydrogen-bond donors (Lipinski definition) is 1. The van der Waals surface area contributed by atoms with Gasteiger partial charge < -0.3 is 10.1 Å². The van der Waals surface area contributed by atoms with Crippen molar-refractivity contribution in [3.05, 3.63) is 96.4 Å². The van der Waals surface area contributed by atoms with Crippen LogP contribution in [0, 0.1) is 11.3 Å². The molecule has 3 aromatic carbocycles. The van der Waals surface area contributed by atoms with Gasteiger partial charge in [0.15, 0.2) is 5.75 Å². The molecule has 0 unspecified atom stereocenters. The lowest BCUT2D eigenvalue weighted by molar-refractivity contribution is -0.112. The van der Waals surface area contributed by atoms with Crippen LogP contribution in [0.3, 0.4) is 0 Å². The predicted molar refractivity (Wildman–Crippen MR) is 131 cm³/mol. The number of carbonyl (C=O) groups is 1. The predicted octanol–water partition coefficient (Wildman–Crippen LogP) is 8.08. The Balaban J connectivity index is 1.80. The summed E-state index contributed by atoms with van der Waals surface area (Å²) in [7, 11) is 0. The van der Waals surface area contributed by atoms with E-state index in [1.54, 1.807) is 24.3 Å². The molecular weight excluding hydrogens is 514 g/mol. The zero-order valence-corrected chi connectivity index (χ0v) is 19.9. The van der Waals surface area contributed by atoms with E-state index in [1.807, 2.05) is 24.3 Å². The van der Waals surface area contributed by atoms with Crippen molar-refractivity contribution < 1.29 is 9.53 Å². The Morgan fingerprint density at radius 1 is 0.938 bits per heavy atom. The maximum atomic E-state index is 12.5. The van der Waals surface area contributed by atoms with Crippen molar-refractivity contribution in [2.75, 3.05) is 5.32 Å². The van der Waals surface area contributed by atoms with Gasteiger partial charge >= 0.3 is 0 Å². The maximum Gasteiger partial charge on any atom is 0.266 e. The van der Waals surface area contributed by atoms with E-state index in [0.29, 0.717) is 10.6 Å². The van der Waals surface area contributed by atoms with Crippen molar-refractivity contribution in [3.63, 3.8) is 0 Å². The van der Waals surface area contributed by atoms with Crippen LogP contribution in [0.5, 0.6) is 5.75 Å². The van der Waals surface area contributed by atoms with E-state index in [-0.39, 0.29) is 43.7 Å². The maximum absolute atomic E-state index is 12.5. The average molecular weight is 527 g/mol. The monoisotopic (exact) mass is 524 g/mol. The van der Waals surface area contributed by atoms with Gasteiger partial charge in [0.25, 0.3) is 5.91 Å². The summed E-state index contributed by atoms with van der Waals surface area (Å²) in [5.74, 6) is -0.401. The molecule has 0 aromatic heterocycles. The number of benzene rings is 3. The van der Waals surface area contributed by atoms with Gasteiger partial charge in [-0.1, -0.05) is 82.3 Å². The van der Waals surface area contributed by atoms with E-state index in [2.05, 4.69) is 5.32 Å². The second-order valence-corrected chi connectivity index (χ2v) is 8.43. The summed E-state index contributed by atoms with van der Waals surface area (Å²) in [6, 6.07) is 16.9. The number of nitrogens with one attached hydrogen (secondary N) is 1. The Bertz CT molecular complexity index is 1230. The summed E-state index contributed by atoms with van der Waals surface area (Å²) >= 11 is 30.8. The molecule has 3 rings (SSSR count). The second-order valence-electron chi connectivity index (χ2n) is 6.42. The van der Waals surface area contributed by atoms with Gasteiger partial charge in [0.1, 0.15) is 18.2 Å². The molecular formula is C23H13Cl5N2O2. The number of rotatable bonds is 6. The van der Waals surface area contributed by atoms with Crippen LogP contribution in [0.15, 0.2) is 60.2 Å². The number of nitriles is 1. The fourth-order valence-corrected chi connectivity index (χ4v) is 3.82. The molecule has 0 bridgehead atoms. The van der Waals surface area contributed by atoms with Gasteiger partial charge in [-0.05, 0) is 42.0 Å². The number of anilines is 1. The van der Waals surface area contributed by atoms with Gasteiger partial charge in [0, 0.05) is 10.6 Å². The third kappa shape index (κ3) is 5.89. The van der Waals surface area contributed by atoms with E-state index in [1.165, 1.54) is 18.2 Å². The molecule has 3 aromatic rings. The van der Waals surface area contributed by atoms with E-state index in [9.17, 15) is 10.1 Å². The van der Waals surface area contributed by atoms with Crippen LogP contribution in [0.2, 0.25) is 25.1 Å². The van der Waals surface area contributed by atoms with Gasteiger partial charge in [-0.15, -0.1) is 0 Å². The number of hydrogen-bond acceptors (Lipinski definition) is 3. The third-order valence-corrected chi connectivity index (χ3v) is 5.98. The molecule has 0 saturated heterocycles. The molecule has 0 atom stereocenters. The first kappa shape index (κ1) is 24.3. The largest absolute Gasteiger partial charge is 0.486 e. The summed E-state index contributed by atoms with van der Waals surface area (Å²) in [6.45, 7) is 0.167. The van der Waals surface area contributed by atoms with Gasteiger partial charge in [-0.3, -0.25) is 4.79 Å². The minimum absolute atomic E-state index is 0.167. The lowest BCUT2D eigenvalue weighted by Gasteiger charge is -2.12. The summed E-state index contributed by atoms with van der Waals surface area (Å²) < 4.78 is 5.73. The molecule has 1 amide bonds. The SMILES string of the molecule is N#C/C(=C/c1cc(Cl)c(OCc2ccccc2Cl)c(Cl)c1)C(=O)Nc1cccc(Cl)c1Cl. The smallest absolute Gasteiger partial charge is 0.266 e. The molecule has 0 aliphatic rings. The minimum Gasteiger partial charge on any atom is -0.486 e. The van der Waals surface area contributed by atoms with Crippen LogP contribution >= 0.6 is 58.0 Å². The molecule has 9 heteroatoms. The highest BCUT2D eigenvalue weighted by Crippen LogP contribution is 2.36. The summed E-state index contributed by atoms with van der Waals surface area (Å²) in [5, 5.41) is 13.4. The highest BCUT2D eigenvalue weighted by Gasteiger charge is 2.15. The highest BCUT2D eigenvalue weighted by atomic mass is 35.5. The first-order valence-corrected chi connectivity index (χ1v) is 10.9. The molecule has 1 N–H and O–H groups in total. The molecule has 0 spiro atoms. The fraction of sp³-hybridized carbons (Fsp3) is 0.0435. The van der Waals surface area contributed by atoms with Crippen molar-refractivity contribution >= 4 is 75.7 Å². The lowest BCUT2D eigenvalue weighted by Crippen LogP contribution is -2.13. The van der Waals surface area contributed by atoms with Crippen LogP contribution in [0.1, 0.15) is 11.1 Å². The van der Waals surface area contributed by atoms with Crippen LogP contribution in [-0.4, -0.2) is 5.91 Å². The fourth-order valence-electron chi connectivity index (χ4n) is 2.67. The standard InChI is InChI=1S/C23H13Cl5N2O2/c24-16-5-2-1-4-14(16)12-32-22-18(26)9-13(10-19(22)27)8-15(11-29)23(31)30-20-7-3-6-17(25)21(20)28/h1-10H,12H2,(H,30,31)/b15-8-. The zero-order chi connectivity index (χ0) is 23.3. The molecule has 0 aliphatic heterocycles. The molecule has 4 nitrogen and oxygen atoms in total. The molecule has 0 fully saturated rings. The minimum atomic E-state index is -0.664. The highest BCUT2D eigenvalue weighted by molar-refractivity contribution is 6.44. The first-order valence-electron chi connectivity index (χ1n) is 9.02. The summed E-state index contributed by atoms with van der Waals surface area (Å²) in [6.07, 6.45) is 1.35.